The Morgan fingerprint density at radius 3 is 2.88 bits per heavy atom. The molecule has 3 rings (SSSR count). The minimum atomic E-state index is -0.190. The number of hydrogen-bond acceptors (Lipinski definition) is 6. The van der Waals surface area contributed by atoms with E-state index in [-0.39, 0.29) is 11.5 Å². The number of aromatic nitrogens is 3. The molecule has 3 heterocycles. The van der Waals surface area contributed by atoms with E-state index in [2.05, 4.69) is 15.4 Å². The third kappa shape index (κ3) is 3.60. The fraction of sp³-hybridized carbons (Fsp3) is 0.250. The number of amides is 1. The molecule has 8 heteroatoms. The first-order valence-corrected chi connectivity index (χ1v) is 9.08. The van der Waals surface area contributed by atoms with Gasteiger partial charge in [-0.3, -0.25) is 9.59 Å². The first-order chi connectivity index (χ1) is 11.5. The van der Waals surface area contributed by atoms with E-state index < -0.39 is 0 Å². The van der Waals surface area contributed by atoms with Gasteiger partial charge in [-0.05, 0) is 24.4 Å². The number of carbonyl (C=O) groups excluding carboxylic acids is 1. The van der Waals surface area contributed by atoms with Gasteiger partial charge in [-0.1, -0.05) is 6.07 Å². The van der Waals surface area contributed by atoms with Crippen molar-refractivity contribution in [2.24, 2.45) is 0 Å². The Labute approximate surface area is 146 Å². The van der Waals surface area contributed by atoms with Crippen molar-refractivity contribution in [3.8, 4) is 20.5 Å². The van der Waals surface area contributed by atoms with Crippen LogP contribution in [-0.2, 0) is 11.3 Å². The molecule has 0 aliphatic carbocycles. The quantitative estimate of drug-likeness (QED) is 0.758. The van der Waals surface area contributed by atoms with Crippen LogP contribution in [0.2, 0.25) is 0 Å². The number of carbonyl (C=O) groups is 1. The summed E-state index contributed by atoms with van der Waals surface area (Å²) in [5.74, 6) is -0.127. The highest BCUT2D eigenvalue weighted by molar-refractivity contribution is 7.23. The number of thiophene rings is 1. The van der Waals surface area contributed by atoms with Gasteiger partial charge in [0.2, 0.25) is 5.91 Å². The number of nitrogens with zero attached hydrogens (tertiary/aromatic N) is 3. The average Bonchev–Trinajstić information content (AvgIpc) is 3.18. The molecule has 0 unspecified atom stereocenters. The SMILES string of the molecule is CC(=O)NCCn1nc(-c2sc(-c3cccs3)nc2C)ccc1=O. The number of nitrogens with one attached hydrogen (secondary N) is 1. The number of hydrogen-bond donors (Lipinski definition) is 1. The standard InChI is InChI=1S/C16H16N4O2S2/c1-10-15(24-16(18-10)13-4-3-9-23-13)12-5-6-14(22)20(19-12)8-7-17-11(2)21/h3-6,9H,7-8H2,1-2H3,(H,17,21). The number of thiazole rings is 1. The van der Waals surface area contributed by atoms with Gasteiger partial charge >= 0.3 is 0 Å². The lowest BCUT2D eigenvalue weighted by Gasteiger charge is -2.06. The molecule has 0 bridgehead atoms. The summed E-state index contributed by atoms with van der Waals surface area (Å²) in [5.41, 5.74) is 1.42. The van der Waals surface area contributed by atoms with Crippen LogP contribution < -0.4 is 10.9 Å². The Bertz CT molecular complexity index is 913. The summed E-state index contributed by atoms with van der Waals surface area (Å²) in [4.78, 5) is 29.6. The normalized spacial score (nSPS) is 10.8. The highest BCUT2D eigenvalue weighted by Crippen LogP contribution is 2.35. The number of aryl methyl sites for hydroxylation is 1. The second-order valence-corrected chi connectivity index (χ2v) is 7.12. The van der Waals surface area contributed by atoms with Gasteiger partial charge in [0.05, 0.1) is 22.0 Å². The van der Waals surface area contributed by atoms with Crippen LogP contribution in [0.25, 0.3) is 20.5 Å². The Morgan fingerprint density at radius 1 is 1.33 bits per heavy atom. The summed E-state index contributed by atoms with van der Waals surface area (Å²) in [7, 11) is 0. The predicted octanol–water partition coefficient (Wildman–Crippen LogP) is 2.54. The fourth-order valence-corrected chi connectivity index (χ4v) is 4.04. The van der Waals surface area contributed by atoms with Crippen molar-refractivity contribution in [1.29, 1.82) is 0 Å². The zero-order valence-corrected chi connectivity index (χ0v) is 14.9. The molecule has 3 aromatic heterocycles. The van der Waals surface area contributed by atoms with Crippen molar-refractivity contribution in [3.05, 3.63) is 45.7 Å². The molecule has 0 spiro atoms. The van der Waals surface area contributed by atoms with Crippen molar-refractivity contribution in [2.45, 2.75) is 20.4 Å². The molecule has 3 aromatic rings. The van der Waals surface area contributed by atoms with Crippen molar-refractivity contribution in [3.63, 3.8) is 0 Å². The van der Waals surface area contributed by atoms with E-state index in [1.807, 2.05) is 24.4 Å². The van der Waals surface area contributed by atoms with Crippen LogP contribution in [-0.4, -0.2) is 27.2 Å². The fourth-order valence-electron chi connectivity index (χ4n) is 2.21. The van der Waals surface area contributed by atoms with Gasteiger partial charge in [-0.15, -0.1) is 22.7 Å². The minimum absolute atomic E-state index is 0.127. The smallest absolute Gasteiger partial charge is 0.266 e. The highest BCUT2D eigenvalue weighted by Gasteiger charge is 2.14. The summed E-state index contributed by atoms with van der Waals surface area (Å²) in [6, 6.07) is 7.25. The van der Waals surface area contributed by atoms with Crippen LogP contribution in [0.4, 0.5) is 0 Å². The molecule has 124 valence electrons. The second kappa shape index (κ2) is 7.06. The summed E-state index contributed by atoms with van der Waals surface area (Å²) in [5, 5.41) is 10.1. The second-order valence-electron chi connectivity index (χ2n) is 5.17. The maximum atomic E-state index is 11.9. The van der Waals surface area contributed by atoms with Gasteiger partial charge in [0.15, 0.2) is 0 Å². The van der Waals surface area contributed by atoms with E-state index in [1.54, 1.807) is 28.7 Å². The highest BCUT2D eigenvalue weighted by atomic mass is 32.1. The predicted molar refractivity (Wildman–Crippen MR) is 96.3 cm³/mol. The molecule has 0 aliphatic rings. The van der Waals surface area contributed by atoms with Crippen molar-refractivity contribution in [1.82, 2.24) is 20.1 Å². The first kappa shape index (κ1) is 16.5. The largest absolute Gasteiger partial charge is 0.354 e. The molecule has 0 radical (unpaired) electrons. The third-order valence-corrected chi connectivity index (χ3v) is 5.54. The Balaban J connectivity index is 1.90. The van der Waals surface area contributed by atoms with Crippen molar-refractivity contribution in [2.75, 3.05) is 6.54 Å². The summed E-state index contributed by atoms with van der Waals surface area (Å²) in [6.45, 7) is 4.09. The maximum absolute atomic E-state index is 11.9. The monoisotopic (exact) mass is 360 g/mol. The van der Waals surface area contributed by atoms with Gasteiger partial charge in [0, 0.05) is 19.5 Å². The van der Waals surface area contributed by atoms with E-state index in [0.717, 1.165) is 26.1 Å². The van der Waals surface area contributed by atoms with E-state index in [9.17, 15) is 9.59 Å². The van der Waals surface area contributed by atoms with Crippen LogP contribution in [0, 0.1) is 6.92 Å². The molecule has 0 saturated carbocycles. The van der Waals surface area contributed by atoms with Crippen LogP contribution in [0.5, 0.6) is 0 Å². The molecule has 1 amide bonds. The summed E-state index contributed by atoms with van der Waals surface area (Å²) in [6.07, 6.45) is 0. The summed E-state index contributed by atoms with van der Waals surface area (Å²) < 4.78 is 1.37. The third-order valence-electron chi connectivity index (χ3n) is 3.33. The van der Waals surface area contributed by atoms with E-state index >= 15 is 0 Å². The molecule has 0 aromatic carbocycles. The Kier molecular flexibility index (Phi) is 4.86. The topological polar surface area (TPSA) is 76.9 Å². The molecular weight excluding hydrogens is 344 g/mol. The van der Waals surface area contributed by atoms with E-state index in [1.165, 1.54) is 17.7 Å². The number of rotatable bonds is 5. The molecule has 0 saturated heterocycles. The minimum Gasteiger partial charge on any atom is -0.354 e. The lowest BCUT2D eigenvalue weighted by Crippen LogP contribution is -2.30. The Hall–Kier alpha value is -2.32. The van der Waals surface area contributed by atoms with Crippen molar-refractivity contribution >= 4 is 28.6 Å². The van der Waals surface area contributed by atoms with Crippen LogP contribution in [0.15, 0.2) is 34.4 Å². The lowest BCUT2D eigenvalue weighted by atomic mass is 10.3. The molecule has 24 heavy (non-hydrogen) atoms. The van der Waals surface area contributed by atoms with Crippen LogP contribution in [0.3, 0.4) is 0 Å². The molecular formula is C16H16N4O2S2. The van der Waals surface area contributed by atoms with Crippen LogP contribution in [0.1, 0.15) is 12.6 Å². The van der Waals surface area contributed by atoms with Gasteiger partial charge in [0.25, 0.3) is 5.56 Å². The van der Waals surface area contributed by atoms with E-state index in [0.29, 0.717) is 13.1 Å². The van der Waals surface area contributed by atoms with Crippen molar-refractivity contribution < 1.29 is 4.79 Å². The van der Waals surface area contributed by atoms with E-state index in [4.69, 9.17) is 0 Å². The maximum Gasteiger partial charge on any atom is 0.266 e. The zero-order valence-electron chi connectivity index (χ0n) is 13.3. The van der Waals surface area contributed by atoms with Gasteiger partial charge in [0.1, 0.15) is 10.7 Å². The lowest BCUT2D eigenvalue weighted by molar-refractivity contribution is -0.118. The molecule has 0 fully saturated rings. The summed E-state index contributed by atoms with van der Waals surface area (Å²) >= 11 is 3.21. The first-order valence-electron chi connectivity index (χ1n) is 7.39. The molecule has 0 aliphatic heterocycles. The van der Waals surface area contributed by atoms with Crippen LogP contribution >= 0.6 is 22.7 Å². The van der Waals surface area contributed by atoms with Gasteiger partial charge < -0.3 is 5.32 Å². The zero-order chi connectivity index (χ0) is 17.1. The molecule has 0 atom stereocenters. The molecule has 1 N–H and O–H groups in total. The average molecular weight is 360 g/mol. The molecule has 6 nitrogen and oxygen atoms in total. The van der Waals surface area contributed by atoms with Gasteiger partial charge in [-0.2, -0.15) is 5.10 Å². The Morgan fingerprint density at radius 2 is 2.17 bits per heavy atom. The van der Waals surface area contributed by atoms with Gasteiger partial charge in [-0.25, -0.2) is 9.67 Å².